The summed E-state index contributed by atoms with van der Waals surface area (Å²) >= 11 is 6.03. The molecule has 0 amide bonds. The zero-order chi connectivity index (χ0) is 33.8. The Morgan fingerprint density at radius 1 is 0.979 bits per heavy atom. The lowest BCUT2D eigenvalue weighted by molar-refractivity contribution is -0.202. The molecule has 9 atom stereocenters. The smallest absolute Gasteiger partial charge is 0.312 e. The van der Waals surface area contributed by atoms with Crippen molar-refractivity contribution in [3.8, 4) is 5.69 Å². The first-order chi connectivity index (χ1) is 22.0. The lowest BCUT2D eigenvalue weighted by Crippen LogP contribution is -2.66. The number of ketones is 1. The van der Waals surface area contributed by atoms with Crippen LogP contribution in [-0.4, -0.2) is 38.0 Å². The Bertz CT molecular complexity index is 1630. The Morgan fingerprint density at radius 2 is 1.68 bits per heavy atom. The number of carbonyl (C=O) groups is 2. The molecule has 1 heterocycles. The van der Waals surface area contributed by atoms with E-state index in [1.807, 2.05) is 12.1 Å². The van der Waals surface area contributed by atoms with Crippen LogP contribution in [-0.2, 0) is 20.9 Å². The molecule has 0 unspecified atom stereocenters. The van der Waals surface area contributed by atoms with Crippen molar-refractivity contribution in [1.29, 1.82) is 0 Å². The molecule has 1 aromatic carbocycles. The number of nitrogens with zero attached hydrogens (tertiary/aromatic N) is 3. The molecule has 1 aromatic heterocycles. The maximum atomic E-state index is 14.6. The number of halogens is 1. The van der Waals surface area contributed by atoms with Crippen LogP contribution in [0.2, 0.25) is 5.02 Å². The summed E-state index contributed by atoms with van der Waals surface area (Å²) in [5.41, 5.74) is 1.48. The molecule has 0 bridgehead atoms. The van der Waals surface area contributed by atoms with Crippen LogP contribution in [0.3, 0.4) is 0 Å². The zero-order valence-electron chi connectivity index (χ0n) is 29.2. The average molecular weight is 662 g/mol. The third-order valence-corrected chi connectivity index (χ3v) is 15.3. The summed E-state index contributed by atoms with van der Waals surface area (Å²) in [6.07, 6.45) is 11.8. The van der Waals surface area contributed by atoms with Gasteiger partial charge in [-0.25, -0.2) is 4.68 Å². The number of ether oxygens (including phenoxy) is 1. The molecular weight excluding hydrogens is 610 g/mol. The summed E-state index contributed by atoms with van der Waals surface area (Å²) < 4.78 is 7.61. The monoisotopic (exact) mass is 661 g/mol. The number of aliphatic hydroxyl groups is 1. The normalized spacial score (nSPS) is 42.3. The van der Waals surface area contributed by atoms with Crippen LogP contribution in [0.5, 0.6) is 0 Å². The molecule has 4 fully saturated rings. The van der Waals surface area contributed by atoms with Gasteiger partial charge < -0.3 is 9.84 Å². The number of allylic oxidation sites excluding steroid dienone is 2. The van der Waals surface area contributed by atoms with Gasteiger partial charge in [0.2, 0.25) is 0 Å². The van der Waals surface area contributed by atoms with E-state index in [2.05, 4.69) is 64.9 Å². The third-order valence-electron chi connectivity index (χ3n) is 15.0. The number of carbonyl (C=O) groups excluding carboxylic acids is 2. The zero-order valence-corrected chi connectivity index (χ0v) is 30.0. The van der Waals surface area contributed by atoms with Crippen molar-refractivity contribution in [3.05, 3.63) is 52.8 Å². The second-order valence-electron chi connectivity index (χ2n) is 17.8. The van der Waals surface area contributed by atoms with Crippen LogP contribution in [0.4, 0.5) is 0 Å². The van der Waals surface area contributed by atoms with Gasteiger partial charge in [0, 0.05) is 10.9 Å². The molecule has 254 valence electrons. The molecule has 2 aromatic rings. The lowest BCUT2D eigenvalue weighted by atomic mass is 9.33. The standard InChI is InChI=1S/C39H52ClN3O4/c1-34(2)30-12-15-39(7)32(37(30,5)14-13-31(34)45)29(44)20-27-28-21-36(4,17-16-35(28,3)18-19-38(27,39)6)33(46)47-23-25-22-43(42-41-25)26-10-8-24(40)9-11-26/h8-11,20,22,28,30-32,45H,12-19,21,23H2,1-7H3/t28-,30-,31-,32+,35+,36-,37-,38+,39+/m0/s1. The molecule has 0 radical (unpaired) electrons. The molecule has 7 rings (SSSR count). The first-order valence-electron chi connectivity index (χ1n) is 17.8. The van der Waals surface area contributed by atoms with Gasteiger partial charge in [0.05, 0.1) is 23.4 Å². The van der Waals surface area contributed by atoms with Crippen LogP contribution >= 0.6 is 11.6 Å². The molecule has 0 spiro atoms. The fourth-order valence-corrected chi connectivity index (χ4v) is 11.9. The van der Waals surface area contributed by atoms with E-state index in [1.54, 1.807) is 23.0 Å². The number of esters is 1. The number of fused-ring (bicyclic) bond motifs is 7. The van der Waals surface area contributed by atoms with E-state index in [1.165, 1.54) is 5.57 Å². The highest BCUT2D eigenvalue weighted by Gasteiger charge is 2.70. The highest BCUT2D eigenvalue weighted by molar-refractivity contribution is 6.30. The van der Waals surface area contributed by atoms with Crippen molar-refractivity contribution in [2.45, 2.75) is 119 Å². The number of rotatable bonds is 4. The summed E-state index contributed by atoms with van der Waals surface area (Å²) in [6.45, 7) is 16.2. The van der Waals surface area contributed by atoms with Crippen LogP contribution in [0, 0.1) is 50.2 Å². The molecule has 47 heavy (non-hydrogen) atoms. The molecule has 7 nitrogen and oxygen atoms in total. The van der Waals surface area contributed by atoms with E-state index >= 15 is 0 Å². The highest BCUT2D eigenvalue weighted by Crippen LogP contribution is 2.75. The van der Waals surface area contributed by atoms with Gasteiger partial charge in [-0.1, -0.05) is 63.9 Å². The average Bonchev–Trinajstić information content (AvgIpc) is 3.49. The predicted octanol–water partition coefficient (Wildman–Crippen LogP) is 8.31. The van der Waals surface area contributed by atoms with Gasteiger partial charge in [-0.3, -0.25) is 9.59 Å². The largest absolute Gasteiger partial charge is 0.459 e. The SMILES string of the molecule is CC1(C)[C@@H](O)CC[C@]2(C)[C@H]3C(=O)C=C4[C@@H]5C[C@@](C)(C(=O)OCc6cn(-c7ccc(Cl)cc7)nn6)CC[C@]5(C)CC[C@@]4(C)[C@]3(C)CC[C@@H]12. The maximum Gasteiger partial charge on any atom is 0.312 e. The van der Waals surface area contributed by atoms with E-state index in [9.17, 15) is 14.7 Å². The van der Waals surface area contributed by atoms with E-state index < -0.39 is 5.41 Å². The fourth-order valence-electron chi connectivity index (χ4n) is 11.8. The van der Waals surface area contributed by atoms with E-state index in [0.717, 1.165) is 57.1 Å². The van der Waals surface area contributed by atoms with Gasteiger partial charge in [0.15, 0.2) is 5.78 Å². The third kappa shape index (κ3) is 4.75. The predicted molar refractivity (Wildman–Crippen MR) is 182 cm³/mol. The Balaban J connectivity index is 1.14. The second kappa shape index (κ2) is 10.7. The van der Waals surface area contributed by atoms with E-state index in [-0.39, 0.29) is 63.4 Å². The van der Waals surface area contributed by atoms with Crippen molar-refractivity contribution >= 4 is 23.4 Å². The summed E-state index contributed by atoms with van der Waals surface area (Å²) in [6, 6.07) is 7.33. The molecular formula is C39H52ClN3O4. The minimum Gasteiger partial charge on any atom is -0.459 e. The molecule has 0 saturated heterocycles. The molecule has 1 N–H and O–H groups in total. The highest BCUT2D eigenvalue weighted by atomic mass is 35.5. The topological polar surface area (TPSA) is 94.3 Å². The van der Waals surface area contributed by atoms with Crippen molar-refractivity contribution < 1.29 is 19.4 Å². The van der Waals surface area contributed by atoms with Crippen molar-refractivity contribution in [2.24, 2.45) is 50.2 Å². The second-order valence-corrected chi connectivity index (χ2v) is 18.3. The van der Waals surface area contributed by atoms with Crippen LogP contribution in [0.15, 0.2) is 42.1 Å². The Labute approximate surface area is 284 Å². The summed E-state index contributed by atoms with van der Waals surface area (Å²) in [5.74, 6) is 0.488. The molecule has 0 aliphatic heterocycles. The van der Waals surface area contributed by atoms with Gasteiger partial charge in [0.25, 0.3) is 0 Å². The summed E-state index contributed by atoms with van der Waals surface area (Å²) in [4.78, 5) is 28.5. The van der Waals surface area contributed by atoms with Gasteiger partial charge in [0.1, 0.15) is 12.3 Å². The van der Waals surface area contributed by atoms with Gasteiger partial charge >= 0.3 is 5.97 Å². The van der Waals surface area contributed by atoms with E-state index in [0.29, 0.717) is 23.1 Å². The maximum absolute atomic E-state index is 14.6. The molecule has 4 saturated carbocycles. The number of hydrogen-bond acceptors (Lipinski definition) is 6. The molecule has 5 aliphatic rings. The minimum atomic E-state index is -0.649. The first-order valence-corrected chi connectivity index (χ1v) is 18.1. The minimum absolute atomic E-state index is 0.0495. The Kier molecular flexibility index (Phi) is 7.55. The fraction of sp³-hybridized carbons (Fsp3) is 0.692. The van der Waals surface area contributed by atoms with E-state index in [4.69, 9.17) is 16.3 Å². The molecule has 8 heteroatoms. The quantitative estimate of drug-likeness (QED) is 0.331. The van der Waals surface area contributed by atoms with Crippen LogP contribution in [0.1, 0.15) is 112 Å². The number of hydrogen-bond donors (Lipinski definition) is 1. The van der Waals surface area contributed by atoms with Gasteiger partial charge in [-0.05, 0) is 134 Å². The van der Waals surface area contributed by atoms with Crippen molar-refractivity contribution in [2.75, 3.05) is 0 Å². The number of benzene rings is 1. The lowest BCUT2D eigenvalue weighted by Gasteiger charge is -2.70. The van der Waals surface area contributed by atoms with Gasteiger partial charge in [-0.2, -0.15) is 0 Å². The van der Waals surface area contributed by atoms with Gasteiger partial charge in [-0.15, -0.1) is 5.10 Å². The number of aliphatic hydroxyl groups excluding tert-OH is 1. The van der Waals surface area contributed by atoms with Crippen LogP contribution < -0.4 is 0 Å². The number of aromatic nitrogens is 3. The first kappa shape index (κ1) is 33.0. The van der Waals surface area contributed by atoms with Crippen molar-refractivity contribution in [3.63, 3.8) is 0 Å². The van der Waals surface area contributed by atoms with Crippen LogP contribution in [0.25, 0.3) is 5.69 Å². The summed E-state index contributed by atoms with van der Waals surface area (Å²) in [7, 11) is 0. The molecule has 5 aliphatic carbocycles. The van der Waals surface area contributed by atoms with Crippen molar-refractivity contribution in [1.82, 2.24) is 15.0 Å². The Hall–Kier alpha value is -2.51. The Morgan fingerprint density at radius 3 is 2.40 bits per heavy atom. The summed E-state index contributed by atoms with van der Waals surface area (Å²) in [5, 5.41) is 20.1.